The highest BCUT2D eigenvalue weighted by Gasteiger charge is 2.30. The van der Waals surface area contributed by atoms with Crippen LogP contribution in [0.15, 0.2) is 0 Å². The van der Waals surface area contributed by atoms with Crippen molar-refractivity contribution < 1.29 is 80.2 Å². The number of rotatable bonds is 72. The third-order valence-electron chi connectivity index (χ3n) is 17.5. The number of hydrogen-bond donors (Lipinski definition) is 3. The molecule has 0 heterocycles. The zero-order chi connectivity index (χ0) is 68.7. The lowest BCUT2D eigenvalue weighted by Gasteiger charge is -2.21. The molecule has 19 heteroatoms. The maximum atomic E-state index is 13.1. The molecule has 552 valence electrons. The van der Waals surface area contributed by atoms with Crippen LogP contribution in [0.5, 0.6) is 0 Å². The Morgan fingerprint density at radius 3 is 0.817 bits per heavy atom. The number of aliphatic hydroxyl groups is 1. The molecule has 0 rings (SSSR count). The van der Waals surface area contributed by atoms with Gasteiger partial charge in [-0.1, -0.05) is 325 Å². The Labute approximate surface area is 568 Å². The second-order valence-corrected chi connectivity index (χ2v) is 30.8. The van der Waals surface area contributed by atoms with Gasteiger partial charge in [0.25, 0.3) is 0 Å². The molecule has 0 radical (unpaired) electrons. The summed E-state index contributed by atoms with van der Waals surface area (Å²) >= 11 is 0. The van der Waals surface area contributed by atoms with E-state index >= 15 is 0 Å². The standard InChI is InChI=1S/C74H144O17P2/c1-8-10-11-12-13-34-41-48-55-71(76)84-61-69(91-74(79)58-51-44-37-30-29-33-40-47-54-67(7)9-2)63-88-92(80,81)86-59-68(75)60-87-93(82,83)89-64-70(62-85-72(77)56-49-42-35-27-23-20-19-22-26-32-39-46-53-66(5)6)90-73(78)57-50-43-36-28-24-18-16-14-15-17-21-25-31-38-45-52-65(3)4/h65-70,75H,8-64H2,1-7H3,(H,80,81)(H,82,83)/t67?,68-,69+,70+/m0/s1. The third kappa shape index (κ3) is 67.0. The van der Waals surface area contributed by atoms with Gasteiger partial charge < -0.3 is 33.8 Å². The first kappa shape index (κ1) is 91.1. The summed E-state index contributed by atoms with van der Waals surface area (Å²) in [7, 11) is -9.91. The first-order chi connectivity index (χ1) is 44.8. The Balaban J connectivity index is 5.22. The Kier molecular flexibility index (Phi) is 63.4. The summed E-state index contributed by atoms with van der Waals surface area (Å²) in [5.74, 6) is 0.231. The molecule has 0 aromatic heterocycles. The fraction of sp³-hybridized carbons (Fsp3) is 0.946. The molecule has 17 nitrogen and oxygen atoms in total. The van der Waals surface area contributed by atoms with Crippen molar-refractivity contribution in [3.05, 3.63) is 0 Å². The number of unbranched alkanes of at least 4 members (excludes halogenated alkanes) is 39. The third-order valence-corrected chi connectivity index (χ3v) is 19.4. The molecule has 0 aliphatic carbocycles. The summed E-state index contributed by atoms with van der Waals surface area (Å²) < 4.78 is 68.4. The molecule has 0 bridgehead atoms. The minimum absolute atomic E-state index is 0.105. The monoisotopic (exact) mass is 1370 g/mol. The maximum Gasteiger partial charge on any atom is 0.472 e. The fourth-order valence-corrected chi connectivity index (χ4v) is 12.8. The Morgan fingerprint density at radius 2 is 0.548 bits per heavy atom. The highest BCUT2D eigenvalue weighted by molar-refractivity contribution is 7.47. The largest absolute Gasteiger partial charge is 0.472 e. The SMILES string of the molecule is CCCCCCCCCCC(=O)OC[C@H](COP(=O)(O)OC[C@H](O)COP(=O)(O)OC[C@@H](COC(=O)CCCCCCCCCCCCCCC(C)C)OC(=O)CCCCCCCCCCCCCCCCCC(C)C)OC(=O)CCCCCCCCCCC(C)CC. The molecular formula is C74H144O17P2. The molecule has 6 atom stereocenters. The van der Waals surface area contributed by atoms with Crippen molar-refractivity contribution in [2.45, 2.75) is 394 Å². The second kappa shape index (κ2) is 64.7. The van der Waals surface area contributed by atoms with Gasteiger partial charge in [0, 0.05) is 25.7 Å². The number of carbonyl (C=O) groups excluding carboxylic acids is 4. The summed E-state index contributed by atoms with van der Waals surface area (Å²) in [6.07, 6.45) is 49.9. The van der Waals surface area contributed by atoms with Crippen molar-refractivity contribution in [3.8, 4) is 0 Å². The van der Waals surface area contributed by atoms with Crippen LogP contribution in [0.1, 0.15) is 376 Å². The van der Waals surface area contributed by atoms with Crippen LogP contribution in [0.4, 0.5) is 0 Å². The van der Waals surface area contributed by atoms with E-state index in [-0.39, 0.29) is 25.7 Å². The van der Waals surface area contributed by atoms with Crippen LogP contribution in [-0.4, -0.2) is 96.7 Å². The quantitative estimate of drug-likeness (QED) is 0.0222. The van der Waals surface area contributed by atoms with E-state index in [0.717, 1.165) is 114 Å². The molecule has 0 spiro atoms. The minimum atomic E-state index is -4.96. The maximum absolute atomic E-state index is 13.1. The van der Waals surface area contributed by atoms with Gasteiger partial charge in [-0.25, -0.2) is 9.13 Å². The number of hydrogen-bond acceptors (Lipinski definition) is 15. The van der Waals surface area contributed by atoms with E-state index in [1.165, 1.54) is 180 Å². The molecule has 0 amide bonds. The van der Waals surface area contributed by atoms with Crippen molar-refractivity contribution in [2.24, 2.45) is 17.8 Å². The lowest BCUT2D eigenvalue weighted by Crippen LogP contribution is -2.30. The van der Waals surface area contributed by atoms with Crippen LogP contribution in [0.25, 0.3) is 0 Å². The number of esters is 4. The summed E-state index contributed by atoms with van der Waals surface area (Å²) in [6, 6.07) is 0. The van der Waals surface area contributed by atoms with Gasteiger partial charge in [0.15, 0.2) is 12.2 Å². The van der Waals surface area contributed by atoms with E-state index < -0.39 is 97.5 Å². The van der Waals surface area contributed by atoms with Gasteiger partial charge in [-0.2, -0.15) is 0 Å². The first-order valence-corrected chi connectivity index (χ1v) is 41.4. The van der Waals surface area contributed by atoms with E-state index in [9.17, 15) is 43.2 Å². The summed E-state index contributed by atoms with van der Waals surface area (Å²) in [4.78, 5) is 72.6. The van der Waals surface area contributed by atoms with Crippen molar-refractivity contribution in [1.29, 1.82) is 0 Å². The van der Waals surface area contributed by atoms with E-state index in [1.807, 2.05) is 0 Å². The average molecular weight is 1370 g/mol. The van der Waals surface area contributed by atoms with Gasteiger partial charge in [0.05, 0.1) is 26.4 Å². The fourth-order valence-electron chi connectivity index (χ4n) is 11.2. The van der Waals surface area contributed by atoms with Gasteiger partial charge in [-0.05, 0) is 43.4 Å². The second-order valence-electron chi connectivity index (χ2n) is 27.9. The highest BCUT2D eigenvalue weighted by Crippen LogP contribution is 2.45. The molecule has 0 aliphatic rings. The molecule has 0 aromatic carbocycles. The molecule has 0 saturated heterocycles. The predicted octanol–water partition coefficient (Wildman–Crippen LogP) is 21.4. The first-order valence-electron chi connectivity index (χ1n) is 38.4. The Morgan fingerprint density at radius 1 is 0.312 bits per heavy atom. The smallest absolute Gasteiger partial charge is 0.462 e. The molecular weight excluding hydrogens is 1220 g/mol. The molecule has 3 unspecified atom stereocenters. The molecule has 0 fully saturated rings. The Hall–Kier alpha value is -1.94. The van der Waals surface area contributed by atoms with Gasteiger partial charge in [-0.15, -0.1) is 0 Å². The Bertz CT molecular complexity index is 1820. The number of phosphoric ester groups is 2. The lowest BCUT2D eigenvalue weighted by molar-refractivity contribution is -0.161. The van der Waals surface area contributed by atoms with Crippen LogP contribution in [0, 0.1) is 17.8 Å². The van der Waals surface area contributed by atoms with Crippen molar-refractivity contribution in [1.82, 2.24) is 0 Å². The summed E-state index contributed by atoms with van der Waals surface area (Å²) in [6.45, 7) is 11.9. The van der Waals surface area contributed by atoms with Crippen LogP contribution in [0.2, 0.25) is 0 Å². The summed E-state index contributed by atoms with van der Waals surface area (Å²) in [5.41, 5.74) is 0. The molecule has 93 heavy (non-hydrogen) atoms. The zero-order valence-electron chi connectivity index (χ0n) is 60.7. The minimum Gasteiger partial charge on any atom is -0.462 e. The van der Waals surface area contributed by atoms with Crippen molar-refractivity contribution in [3.63, 3.8) is 0 Å². The van der Waals surface area contributed by atoms with Gasteiger partial charge in [-0.3, -0.25) is 37.3 Å². The van der Waals surface area contributed by atoms with Gasteiger partial charge >= 0.3 is 39.5 Å². The van der Waals surface area contributed by atoms with E-state index in [1.54, 1.807) is 0 Å². The van der Waals surface area contributed by atoms with E-state index in [2.05, 4.69) is 48.5 Å². The number of carbonyl (C=O) groups is 4. The van der Waals surface area contributed by atoms with Crippen LogP contribution in [0.3, 0.4) is 0 Å². The van der Waals surface area contributed by atoms with Gasteiger partial charge in [0.1, 0.15) is 19.3 Å². The average Bonchev–Trinajstić information content (AvgIpc) is 3.60. The highest BCUT2D eigenvalue weighted by atomic mass is 31.2. The molecule has 3 N–H and O–H groups in total. The lowest BCUT2D eigenvalue weighted by atomic mass is 9.99. The van der Waals surface area contributed by atoms with Crippen LogP contribution in [-0.2, 0) is 65.4 Å². The van der Waals surface area contributed by atoms with Gasteiger partial charge in [0.2, 0.25) is 0 Å². The number of phosphoric acid groups is 2. The number of ether oxygens (including phenoxy) is 4. The molecule has 0 aromatic rings. The van der Waals surface area contributed by atoms with Crippen LogP contribution < -0.4 is 0 Å². The van der Waals surface area contributed by atoms with E-state index in [4.69, 9.17) is 37.0 Å². The zero-order valence-corrected chi connectivity index (χ0v) is 62.5. The van der Waals surface area contributed by atoms with Crippen LogP contribution >= 0.6 is 15.6 Å². The summed E-state index contributed by atoms with van der Waals surface area (Å²) in [5, 5.41) is 10.6. The van der Waals surface area contributed by atoms with Crippen molar-refractivity contribution in [2.75, 3.05) is 39.6 Å². The molecule has 0 saturated carbocycles. The molecule has 0 aliphatic heterocycles. The predicted molar refractivity (Wildman–Crippen MR) is 377 cm³/mol. The van der Waals surface area contributed by atoms with E-state index in [0.29, 0.717) is 25.7 Å². The topological polar surface area (TPSA) is 237 Å². The number of aliphatic hydroxyl groups excluding tert-OH is 1. The normalized spacial score (nSPS) is 14.4. The van der Waals surface area contributed by atoms with Crippen molar-refractivity contribution >= 4 is 39.5 Å².